The summed E-state index contributed by atoms with van der Waals surface area (Å²) in [5.74, 6) is 0. The van der Waals surface area contributed by atoms with Gasteiger partial charge in [0.2, 0.25) is 0 Å². The molecule has 0 spiro atoms. The lowest BCUT2D eigenvalue weighted by Gasteiger charge is -2.28. The predicted molar refractivity (Wildman–Crippen MR) is 278 cm³/mol. The summed E-state index contributed by atoms with van der Waals surface area (Å²) in [6, 6.07) is 76.7. The molecule has 11 rings (SSSR count). The number of hydrogen-bond acceptors (Lipinski definition) is 1. The van der Waals surface area contributed by atoms with Crippen molar-refractivity contribution in [3.8, 4) is 55.6 Å². The second-order valence-corrected chi connectivity index (χ2v) is 18.6. The smallest absolute Gasteiger partial charge is 0.0465 e. The van der Waals surface area contributed by atoms with E-state index in [1.165, 1.54) is 94.6 Å². The summed E-state index contributed by atoms with van der Waals surface area (Å²) in [5, 5.41) is 0. The van der Waals surface area contributed by atoms with Crippen molar-refractivity contribution in [2.24, 2.45) is 0 Å². The molecule has 65 heavy (non-hydrogen) atoms. The molecular formula is C64H57N. The number of benzene rings is 9. The zero-order valence-electron chi connectivity index (χ0n) is 38.8. The topological polar surface area (TPSA) is 3.24 Å². The molecule has 0 bridgehead atoms. The van der Waals surface area contributed by atoms with Gasteiger partial charge < -0.3 is 4.90 Å². The molecule has 0 fully saturated rings. The van der Waals surface area contributed by atoms with E-state index in [0.29, 0.717) is 0 Å². The number of hydrogen-bond donors (Lipinski definition) is 0. The Morgan fingerprint density at radius 3 is 1.57 bits per heavy atom. The Bertz CT molecular complexity index is 3180. The van der Waals surface area contributed by atoms with E-state index < -0.39 is 0 Å². The summed E-state index contributed by atoms with van der Waals surface area (Å²) >= 11 is 0. The molecule has 0 N–H and O–H groups in total. The van der Waals surface area contributed by atoms with Crippen LogP contribution in [0.25, 0.3) is 55.6 Å². The van der Waals surface area contributed by atoms with Gasteiger partial charge in [0, 0.05) is 27.9 Å². The van der Waals surface area contributed by atoms with E-state index >= 15 is 0 Å². The molecule has 0 saturated carbocycles. The molecular weight excluding hydrogens is 783 g/mol. The van der Waals surface area contributed by atoms with Gasteiger partial charge in [0.25, 0.3) is 0 Å². The van der Waals surface area contributed by atoms with Crippen molar-refractivity contribution in [3.05, 3.63) is 245 Å². The third-order valence-electron chi connectivity index (χ3n) is 14.1. The second kappa shape index (κ2) is 16.7. The molecule has 0 atom stereocenters. The van der Waals surface area contributed by atoms with Gasteiger partial charge in [-0.3, -0.25) is 0 Å². The fraction of sp³-hybridized carbons (Fsp3) is 0.156. The first kappa shape index (κ1) is 41.8. The van der Waals surface area contributed by atoms with Crippen LogP contribution in [-0.2, 0) is 17.3 Å². The molecule has 0 aromatic heterocycles. The van der Waals surface area contributed by atoms with Crippen LogP contribution in [0, 0.1) is 6.92 Å². The monoisotopic (exact) mass is 839 g/mol. The Kier molecular flexibility index (Phi) is 10.7. The third-order valence-corrected chi connectivity index (χ3v) is 14.1. The third kappa shape index (κ3) is 7.21. The Morgan fingerprint density at radius 2 is 0.862 bits per heavy atom. The van der Waals surface area contributed by atoms with Gasteiger partial charge >= 0.3 is 0 Å². The molecule has 0 unspecified atom stereocenters. The van der Waals surface area contributed by atoms with Crippen LogP contribution in [0.1, 0.15) is 80.5 Å². The van der Waals surface area contributed by atoms with Gasteiger partial charge in [-0.2, -0.15) is 0 Å². The fourth-order valence-corrected chi connectivity index (χ4v) is 10.7. The summed E-state index contributed by atoms with van der Waals surface area (Å²) in [7, 11) is 0. The predicted octanol–water partition coefficient (Wildman–Crippen LogP) is 17.7. The first-order valence-corrected chi connectivity index (χ1v) is 23.4. The molecule has 318 valence electrons. The Morgan fingerprint density at radius 1 is 0.354 bits per heavy atom. The van der Waals surface area contributed by atoms with Crippen molar-refractivity contribution in [2.75, 3.05) is 4.90 Å². The molecule has 1 nitrogen and oxygen atoms in total. The molecule has 0 radical (unpaired) electrons. The van der Waals surface area contributed by atoms with Crippen LogP contribution < -0.4 is 4.90 Å². The molecule has 0 saturated heterocycles. The molecule has 0 amide bonds. The minimum Gasteiger partial charge on any atom is -0.310 e. The van der Waals surface area contributed by atoms with E-state index in [1.54, 1.807) is 0 Å². The SMILES string of the molecule is CC.Cc1ccc(-c2ccc(N(c3ccc(-c4cccc5c4-c4ccccc4C5(C)C)cc3)c3ccc4c(c3)C(C)(C)c3ccccc3-4)cc2)cc1-c1ccccc1Cc1ccccc1. The van der Waals surface area contributed by atoms with Crippen molar-refractivity contribution >= 4 is 17.1 Å². The molecule has 9 aromatic carbocycles. The van der Waals surface area contributed by atoms with Crippen LogP contribution in [0.5, 0.6) is 0 Å². The molecule has 0 aliphatic heterocycles. The quantitative estimate of drug-likeness (QED) is 0.147. The normalized spacial score (nSPS) is 13.5. The summed E-state index contributed by atoms with van der Waals surface area (Å²) in [6.45, 7) is 15.7. The maximum absolute atomic E-state index is 2.43. The number of rotatable bonds is 8. The van der Waals surface area contributed by atoms with Gasteiger partial charge in [-0.15, -0.1) is 0 Å². The number of nitrogens with zero attached hydrogens (tertiary/aromatic N) is 1. The van der Waals surface area contributed by atoms with Crippen molar-refractivity contribution in [1.29, 1.82) is 0 Å². The summed E-state index contributed by atoms with van der Waals surface area (Å²) < 4.78 is 0. The minimum absolute atomic E-state index is 0.0428. The lowest BCUT2D eigenvalue weighted by molar-refractivity contribution is 0.660. The molecule has 9 aromatic rings. The van der Waals surface area contributed by atoms with Gasteiger partial charge in [-0.25, -0.2) is 0 Å². The standard InChI is InChI=1S/C62H51N.C2H6/c1-41-26-27-45(39-55(41)50-19-10-9-18-46(50)38-42-16-7-6-8-17-42)43-28-32-47(33-29-43)63(49-36-37-53-52-20-11-13-23-56(52)62(4,5)59(53)40-49)48-34-30-44(31-35-48)51-22-15-25-58-60(51)54-21-12-14-24-57(54)61(58,2)3;1-2/h6-37,39-40H,38H2,1-5H3;1-2H3. The average molecular weight is 840 g/mol. The Hall–Kier alpha value is -7.22. The van der Waals surface area contributed by atoms with Crippen molar-refractivity contribution in [1.82, 2.24) is 0 Å². The van der Waals surface area contributed by atoms with Gasteiger partial charge in [-0.1, -0.05) is 205 Å². The van der Waals surface area contributed by atoms with E-state index in [-0.39, 0.29) is 10.8 Å². The zero-order valence-corrected chi connectivity index (χ0v) is 38.8. The lowest BCUT2D eigenvalue weighted by atomic mass is 9.82. The van der Waals surface area contributed by atoms with Crippen LogP contribution in [0.3, 0.4) is 0 Å². The summed E-state index contributed by atoms with van der Waals surface area (Å²) in [5.41, 5.74) is 25.6. The largest absolute Gasteiger partial charge is 0.310 e. The van der Waals surface area contributed by atoms with Crippen molar-refractivity contribution < 1.29 is 0 Å². The highest BCUT2D eigenvalue weighted by atomic mass is 15.1. The lowest BCUT2D eigenvalue weighted by Crippen LogP contribution is -2.16. The number of anilines is 3. The zero-order chi connectivity index (χ0) is 44.9. The first-order valence-electron chi connectivity index (χ1n) is 23.4. The highest BCUT2D eigenvalue weighted by Crippen LogP contribution is 2.53. The van der Waals surface area contributed by atoms with Gasteiger partial charge in [0.1, 0.15) is 0 Å². The first-order chi connectivity index (χ1) is 31.7. The Labute approximate surface area is 386 Å². The Balaban J connectivity index is 0.00000246. The highest BCUT2D eigenvalue weighted by molar-refractivity contribution is 5.93. The molecule has 0 heterocycles. The summed E-state index contributed by atoms with van der Waals surface area (Å²) in [4.78, 5) is 2.43. The summed E-state index contributed by atoms with van der Waals surface area (Å²) in [6.07, 6.45) is 0.901. The molecule has 2 aliphatic carbocycles. The van der Waals surface area contributed by atoms with Crippen LogP contribution in [-0.4, -0.2) is 0 Å². The van der Waals surface area contributed by atoms with Crippen LogP contribution in [0.4, 0.5) is 17.1 Å². The minimum atomic E-state index is -0.109. The second-order valence-electron chi connectivity index (χ2n) is 18.6. The number of aryl methyl sites for hydroxylation is 1. The van der Waals surface area contributed by atoms with E-state index in [1.807, 2.05) is 13.8 Å². The van der Waals surface area contributed by atoms with Gasteiger partial charge in [-0.05, 0) is 150 Å². The maximum atomic E-state index is 2.43. The average Bonchev–Trinajstić information content (AvgIpc) is 3.73. The van der Waals surface area contributed by atoms with Crippen LogP contribution in [0.15, 0.2) is 206 Å². The van der Waals surface area contributed by atoms with E-state index in [9.17, 15) is 0 Å². The van der Waals surface area contributed by atoms with Crippen LogP contribution >= 0.6 is 0 Å². The van der Waals surface area contributed by atoms with E-state index in [2.05, 4.69) is 246 Å². The highest BCUT2D eigenvalue weighted by Gasteiger charge is 2.37. The van der Waals surface area contributed by atoms with E-state index in [4.69, 9.17) is 0 Å². The van der Waals surface area contributed by atoms with Gasteiger partial charge in [0.15, 0.2) is 0 Å². The van der Waals surface area contributed by atoms with E-state index in [0.717, 1.165) is 23.5 Å². The van der Waals surface area contributed by atoms with Crippen molar-refractivity contribution in [3.63, 3.8) is 0 Å². The number of fused-ring (bicyclic) bond motifs is 6. The maximum Gasteiger partial charge on any atom is 0.0465 e. The van der Waals surface area contributed by atoms with Gasteiger partial charge in [0.05, 0.1) is 0 Å². The van der Waals surface area contributed by atoms with Crippen LogP contribution in [0.2, 0.25) is 0 Å². The molecule has 2 aliphatic rings. The molecule has 1 heteroatoms. The van der Waals surface area contributed by atoms with Crippen molar-refractivity contribution in [2.45, 2.75) is 65.7 Å². The fourth-order valence-electron chi connectivity index (χ4n) is 10.7.